The fourth-order valence-corrected chi connectivity index (χ4v) is 2.54. The number of carbonyl (C=O) groups is 2. The van der Waals surface area contributed by atoms with E-state index in [9.17, 15) is 9.59 Å². The predicted octanol–water partition coefficient (Wildman–Crippen LogP) is 0.289. The first-order valence-electron chi connectivity index (χ1n) is 6.75. The van der Waals surface area contributed by atoms with Crippen LogP contribution >= 0.6 is 0 Å². The van der Waals surface area contributed by atoms with Crippen molar-refractivity contribution in [2.75, 3.05) is 39.8 Å². The zero-order valence-corrected chi connectivity index (χ0v) is 11.1. The van der Waals surface area contributed by atoms with Gasteiger partial charge in [0.15, 0.2) is 0 Å². The average molecular weight is 254 g/mol. The zero-order valence-electron chi connectivity index (χ0n) is 11.1. The minimum absolute atomic E-state index is 0.128. The molecule has 0 aromatic heterocycles. The van der Waals surface area contributed by atoms with Gasteiger partial charge in [-0.1, -0.05) is 0 Å². The summed E-state index contributed by atoms with van der Waals surface area (Å²) in [5, 5.41) is 0. The smallest absolute Gasteiger partial charge is 0.236 e. The Morgan fingerprint density at radius 3 is 2.78 bits per heavy atom. The van der Waals surface area contributed by atoms with Gasteiger partial charge in [-0.2, -0.15) is 0 Å². The van der Waals surface area contributed by atoms with Crippen LogP contribution in [0.2, 0.25) is 0 Å². The van der Waals surface area contributed by atoms with E-state index in [4.69, 9.17) is 4.74 Å². The van der Waals surface area contributed by atoms with E-state index in [1.165, 1.54) is 0 Å². The number of likely N-dealkylation sites (tertiary alicyclic amines) is 1. The third kappa shape index (κ3) is 3.78. The number of piperidine rings is 1. The Kier molecular flexibility index (Phi) is 4.72. The molecule has 0 aromatic carbocycles. The Balaban J connectivity index is 1.70. The minimum Gasteiger partial charge on any atom is -0.377 e. The lowest BCUT2D eigenvalue weighted by Gasteiger charge is -2.28. The SMILES string of the molecule is CN(CC(=O)N1CCC(=O)CC1)CC1CCCO1. The van der Waals surface area contributed by atoms with E-state index in [2.05, 4.69) is 0 Å². The minimum atomic E-state index is 0.128. The molecule has 2 aliphatic rings. The van der Waals surface area contributed by atoms with Crippen LogP contribution in [0.15, 0.2) is 0 Å². The Morgan fingerprint density at radius 2 is 2.17 bits per heavy atom. The summed E-state index contributed by atoms with van der Waals surface area (Å²) in [4.78, 5) is 27.0. The molecule has 102 valence electrons. The highest BCUT2D eigenvalue weighted by Gasteiger charge is 2.23. The van der Waals surface area contributed by atoms with Crippen molar-refractivity contribution in [2.24, 2.45) is 0 Å². The molecule has 0 aliphatic carbocycles. The third-order valence-electron chi connectivity index (χ3n) is 3.62. The van der Waals surface area contributed by atoms with Crippen LogP contribution in [0, 0.1) is 0 Å². The lowest BCUT2D eigenvalue weighted by molar-refractivity contribution is -0.135. The number of ether oxygens (including phenoxy) is 1. The molecule has 0 bridgehead atoms. The number of hydrogen-bond donors (Lipinski definition) is 0. The standard InChI is InChI=1S/C13H22N2O3/c1-14(9-12-3-2-8-18-12)10-13(17)15-6-4-11(16)5-7-15/h12H,2-10H2,1H3. The molecule has 18 heavy (non-hydrogen) atoms. The first-order chi connectivity index (χ1) is 8.65. The van der Waals surface area contributed by atoms with Crippen LogP contribution in [0.25, 0.3) is 0 Å². The molecule has 0 saturated carbocycles. The largest absolute Gasteiger partial charge is 0.377 e. The molecule has 0 spiro atoms. The van der Waals surface area contributed by atoms with Gasteiger partial charge in [0, 0.05) is 39.1 Å². The Hall–Kier alpha value is -0.940. The van der Waals surface area contributed by atoms with Crippen LogP contribution in [0.4, 0.5) is 0 Å². The van der Waals surface area contributed by atoms with Crippen molar-refractivity contribution in [2.45, 2.75) is 31.8 Å². The quantitative estimate of drug-likeness (QED) is 0.723. The van der Waals surface area contributed by atoms with Crippen LogP contribution in [0.5, 0.6) is 0 Å². The summed E-state index contributed by atoms with van der Waals surface area (Å²) in [6.07, 6.45) is 3.53. The third-order valence-corrected chi connectivity index (χ3v) is 3.62. The Labute approximate surface area is 108 Å². The summed E-state index contributed by atoms with van der Waals surface area (Å²) in [7, 11) is 1.95. The van der Waals surface area contributed by atoms with Gasteiger partial charge in [-0.25, -0.2) is 0 Å². The van der Waals surface area contributed by atoms with Crippen molar-refractivity contribution in [3.8, 4) is 0 Å². The topological polar surface area (TPSA) is 49.9 Å². The van der Waals surface area contributed by atoms with Crippen LogP contribution in [-0.2, 0) is 14.3 Å². The number of hydrogen-bond acceptors (Lipinski definition) is 4. The summed E-state index contributed by atoms with van der Waals surface area (Å²) in [6.45, 7) is 3.27. The van der Waals surface area contributed by atoms with Gasteiger partial charge in [0.2, 0.25) is 5.91 Å². The molecule has 2 aliphatic heterocycles. The first-order valence-corrected chi connectivity index (χ1v) is 6.75. The number of Topliss-reactive ketones (excluding diaryl/α,β-unsaturated/α-hetero) is 1. The molecule has 2 fully saturated rings. The van der Waals surface area contributed by atoms with E-state index in [-0.39, 0.29) is 17.8 Å². The second-order valence-electron chi connectivity index (χ2n) is 5.25. The van der Waals surface area contributed by atoms with Gasteiger partial charge in [0.25, 0.3) is 0 Å². The fraction of sp³-hybridized carbons (Fsp3) is 0.846. The van der Waals surface area contributed by atoms with Gasteiger partial charge in [0.1, 0.15) is 5.78 Å². The first kappa shape index (κ1) is 13.5. The number of rotatable bonds is 4. The van der Waals surface area contributed by atoms with Crippen LogP contribution in [-0.4, -0.2) is 67.4 Å². The lowest BCUT2D eigenvalue weighted by Crippen LogP contribution is -2.44. The Bertz CT molecular complexity index is 303. The van der Waals surface area contributed by atoms with E-state index in [1.54, 1.807) is 4.90 Å². The molecule has 2 rings (SSSR count). The number of carbonyl (C=O) groups excluding carboxylic acids is 2. The molecule has 0 radical (unpaired) electrons. The van der Waals surface area contributed by atoms with Crippen molar-refractivity contribution in [1.29, 1.82) is 0 Å². The van der Waals surface area contributed by atoms with E-state index in [1.807, 2.05) is 11.9 Å². The molecule has 2 heterocycles. The highest BCUT2D eigenvalue weighted by molar-refractivity contribution is 5.84. The molecule has 1 unspecified atom stereocenters. The van der Waals surface area contributed by atoms with Crippen molar-refractivity contribution >= 4 is 11.7 Å². The van der Waals surface area contributed by atoms with Crippen LogP contribution in [0.1, 0.15) is 25.7 Å². The van der Waals surface area contributed by atoms with Gasteiger partial charge in [-0.3, -0.25) is 14.5 Å². The molecular weight excluding hydrogens is 232 g/mol. The maximum Gasteiger partial charge on any atom is 0.236 e. The monoisotopic (exact) mass is 254 g/mol. The van der Waals surface area contributed by atoms with Crippen molar-refractivity contribution in [3.05, 3.63) is 0 Å². The van der Waals surface area contributed by atoms with Gasteiger partial charge < -0.3 is 9.64 Å². The van der Waals surface area contributed by atoms with E-state index in [0.29, 0.717) is 32.5 Å². The van der Waals surface area contributed by atoms with Crippen LogP contribution < -0.4 is 0 Å². The molecule has 0 N–H and O–H groups in total. The van der Waals surface area contributed by atoms with Gasteiger partial charge in [-0.05, 0) is 19.9 Å². The second kappa shape index (κ2) is 6.29. The molecular formula is C13H22N2O3. The van der Waals surface area contributed by atoms with Crippen molar-refractivity contribution in [1.82, 2.24) is 9.80 Å². The highest BCUT2D eigenvalue weighted by atomic mass is 16.5. The second-order valence-corrected chi connectivity index (χ2v) is 5.25. The normalized spacial score (nSPS) is 24.9. The molecule has 5 nitrogen and oxygen atoms in total. The molecule has 1 amide bonds. The van der Waals surface area contributed by atoms with E-state index < -0.39 is 0 Å². The summed E-state index contributed by atoms with van der Waals surface area (Å²) >= 11 is 0. The summed E-state index contributed by atoms with van der Waals surface area (Å²) < 4.78 is 5.55. The number of nitrogens with zero attached hydrogens (tertiary/aromatic N) is 2. The summed E-state index contributed by atoms with van der Waals surface area (Å²) in [5.74, 6) is 0.398. The van der Waals surface area contributed by atoms with Gasteiger partial charge in [-0.15, -0.1) is 0 Å². The molecule has 0 aromatic rings. The zero-order chi connectivity index (χ0) is 13.0. The van der Waals surface area contributed by atoms with Gasteiger partial charge >= 0.3 is 0 Å². The molecule has 5 heteroatoms. The molecule has 2 saturated heterocycles. The predicted molar refractivity (Wildman–Crippen MR) is 67.3 cm³/mol. The fourth-order valence-electron chi connectivity index (χ4n) is 2.54. The lowest BCUT2D eigenvalue weighted by atomic mass is 10.1. The van der Waals surface area contributed by atoms with E-state index >= 15 is 0 Å². The number of amides is 1. The number of ketones is 1. The Morgan fingerprint density at radius 1 is 1.44 bits per heavy atom. The van der Waals surface area contributed by atoms with E-state index in [0.717, 1.165) is 26.0 Å². The van der Waals surface area contributed by atoms with Crippen molar-refractivity contribution in [3.63, 3.8) is 0 Å². The maximum atomic E-state index is 12.0. The molecule has 1 atom stereocenters. The summed E-state index contributed by atoms with van der Waals surface area (Å²) in [6, 6.07) is 0. The number of likely N-dealkylation sites (N-methyl/N-ethyl adjacent to an activating group) is 1. The summed E-state index contributed by atoms with van der Waals surface area (Å²) in [5.41, 5.74) is 0. The van der Waals surface area contributed by atoms with Crippen molar-refractivity contribution < 1.29 is 14.3 Å². The maximum absolute atomic E-state index is 12.0. The highest BCUT2D eigenvalue weighted by Crippen LogP contribution is 2.13. The van der Waals surface area contributed by atoms with Gasteiger partial charge in [0.05, 0.1) is 12.6 Å². The van der Waals surface area contributed by atoms with Crippen LogP contribution in [0.3, 0.4) is 0 Å². The average Bonchev–Trinajstić information content (AvgIpc) is 2.82.